The van der Waals surface area contributed by atoms with Crippen LogP contribution < -0.4 is 10.6 Å². The maximum absolute atomic E-state index is 12.7. The van der Waals surface area contributed by atoms with Gasteiger partial charge in [0.05, 0.1) is 21.6 Å². The fourth-order valence-electron chi connectivity index (χ4n) is 5.61. The van der Waals surface area contributed by atoms with Crippen molar-refractivity contribution in [2.45, 2.75) is 25.7 Å². The Kier molecular flexibility index (Phi) is 5.94. The Morgan fingerprint density at radius 2 is 1.69 bits per heavy atom. The molecule has 1 aromatic heterocycles. The maximum Gasteiger partial charge on any atom is 0.257 e. The zero-order chi connectivity index (χ0) is 24.8. The highest BCUT2D eigenvalue weighted by Gasteiger charge is 2.43. The van der Waals surface area contributed by atoms with Gasteiger partial charge in [-0.1, -0.05) is 29.6 Å². The van der Waals surface area contributed by atoms with Gasteiger partial charge >= 0.3 is 0 Å². The average Bonchev–Trinajstić information content (AvgIpc) is 3.60. The summed E-state index contributed by atoms with van der Waals surface area (Å²) < 4.78 is 0. The first-order chi connectivity index (χ1) is 17.4. The van der Waals surface area contributed by atoms with Crippen LogP contribution in [0.25, 0.3) is 22.4 Å². The molecule has 3 N–H and O–H groups in total. The highest BCUT2D eigenvalue weighted by molar-refractivity contribution is 6.37. The molecule has 3 atom stereocenters. The van der Waals surface area contributed by atoms with Crippen LogP contribution in [0, 0.1) is 17.8 Å². The van der Waals surface area contributed by atoms with Crippen LogP contribution in [0.2, 0.25) is 10.0 Å². The lowest BCUT2D eigenvalue weighted by molar-refractivity contribution is -0.121. The topological polar surface area (TPSA) is 86.9 Å². The van der Waals surface area contributed by atoms with Gasteiger partial charge in [-0.15, -0.1) is 0 Å². The van der Waals surface area contributed by atoms with Crippen LogP contribution in [-0.4, -0.2) is 21.8 Å². The molecule has 4 aromatic rings. The Morgan fingerprint density at radius 3 is 2.42 bits per heavy atom. The minimum absolute atomic E-state index is 0.146. The molecule has 8 heteroatoms. The van der Waals surface area contributed by atoms with Crippen molar-refractivity contribution in [3.63, 3.8) is 0 Å². The number of benzene rings is 3. The molecule has 0 saturated heterocycles. The molecule has 1 heterocycles. The number of nitrogens with zero attached hydrogens (tertiary/aromatic N) is 1. The Bertz CT molecular complexity index is 1480. The predicted octanol–water partition coefficient (Wildman–Crippen LogP) is 7.16. The van der Waals surface area contributed by atoms with Gasteiger partial charge in [-0.25, -0.2) is 4.98 Å². The van der Waals surface area contributed by atoms with Crippen LogP contribution in [0.3, 0.4) is 0 Å². The third-order valence-electron chi connectivity index (χ3n) is 7.42. The van der Waals surface area contributed by atoms with Crippen molar-refractivity contribution in [3.05, 3.63) is 76.3 Å². The Labute approximate surface area is 218 Å². The Balaban J connectivity index is 1.15. The smallest absolute Gasteiger partial charge is 0.257 e. The molecule has 2 fully saturated rings. The second-order valence-electron chi connectivity index (χ2n) is 9.74. The molecule has 0 spiro atoms. The minimum atomic E-state index is -0.321. The number of hydrogen-bond acceptors (Lipinski definition) is 3. The lowest BCUT2D eigenvalue weighted by Crippen LogP contribution is -2.27. The van der Waals surface area contributed by atoms with E-state index in [0.717, 1.165) is 34.6 Å². The zero-order valence-electron chi connectivity index (χ0n) is 19.4. The van der Waals surface area contributed by atoms with E-state index in [2.05, 4.69) is 20.6 Å². The summed E-state index contributed by atoms with van der Waals surface area (Å²) >= 11 is 12.1. The van der Waals surface area contributed by atoms with Crippen LogP contribution in [0.4, 0.5) is 11.4 Å². The number of imidazole rings is 1. The molecule has 36 heavy (non-hydrogen) atoms. The molecule has 6 nitrogen and oxygen atoms in total. The number of amides is 2. The number of aromatic amines is 1. The van der Waals surface area contributed by atoms with Crippen molar-refractivity contribution in [2.75, 3.05) is 10.6 Å². The number of hydrogen-bond donors (Lipinski definition) is 3. The molecule has 2 aliphatic rings. The molecule has 0 aliphatic heterocycles. The van der Waals surface area contributed by atoms with E-state index in [1.54, 1.807) is 18.2 Å². The molecular formula is C28H24Cl2N4O2. The summed E-state index contributed by atoms with van der Waals surface area (Å²) in [5.74, 6) is 1.99. The van der Waals surface area contributed by atoms with E-state index in [0.29, 0.717) is 33.0 Å². The minimum Gasteiger partial charge on any atom is -0.338 e. The number of H-pyrrole nitrogens is 1. The highest BCUT2D eigenvalue weighted by atomic mass is 35.5. The first kappa shape index (κ1) is 23.1. The van der Waals surface area contributed by atoms with Crippen molar-refractivity contribution < 1.29 is 9.59 Å². The van der Waals surface area contributed by atoms with Crippen molar-refractivity contribution in [3.8, 4) is 11.4 Å². The quantitative estimate of drug-likeness (QED) is 0.261. The lowest BCUT2D eigenvalue weighted by atomic mass is 9.88. The van der Waals surface area contributed by atoms with Gasteiger partial charge in [0, 0.05) is 27.9 Å². The van der Waals surface area contributed by atoms with Crippen LogP contribution in [0.5, 0.6) is 0 Å². The van der Waals surface area contributed by atoms with E-state index in [9.17, 15) is 9.59 Å². The van der Waals surface area contributed by atoms with E-state index in [1.165, 1.54) is 25.3 Å². The van der Waals surface area contributed by atoms with Crippen molar-refractivity contribution >= 4 is 57.4 Å². The number of carbonyl (C=O) groups excluding carboxylic acids is 2. The zero-order valence-corrected chi connectivity index (χ0v) is 20.9. The number of aromatic nitrogens is 2. The fraction of sp³-hybridized carbons (Fsp3) is 0.250. The number of halogens is 2. The van der Waals surface area contributed by atoms with Crippen LogP contribution in [0.15, 0.2) is 60.7 Å². The molecule has 2 bridgehead atoms. The molecule has 6 rings (SSSR count). The lowest BCUT2D eigenvalue weighted by Gasteiger charge is -2.20. The second-order valence-corrected chi connectivity index (χ2v) is 10.6. The van der Waals surface area contributed by atoms with Gasteiger partial charge in [0.2, 0.25) is 5.91 Å². The Morgan fingerprint density at radius 1 is 0.889 bits per heavy atom. The first-order valence-corrected chi connectivity index (χ1v) is 12.9. The summed E-state index contributed by atoms with van der Waals surface area (Å²) in [4.78, 5) is 33.4. The normalized spacial score (nSPS) is 20.6. The molecule has 2 amide bonds. The number of nitrogens with one attached hydrogen (secondary N) is 3. The van der Waals surface area contributed by atoms with E-state index in [1.807, 2.05) is 36.4 Å². The number of rotatable bonds is 5. The molecule has 182 valence electrons. The molecule has 2 saturated carbocycles. The summed E-state index contributed by atoms with van der Waals surface area (Å²) in [6, 6.07) is 17.9. The average molecular weight is 519 g/mol. The van der Waals surface area contributed by atoms with Gasteiger partial charge < -0.3 is 15.6 Å². The summed E-state index contributed by atoms with van der Waals surface area (Å²) in [6.45, 7) is 0. The van der Waals surface area contributed by atoms with Crippen molar-refractivity contribution in [2.24, 2.45) is 17.8 Å². The summed E-state index contributed by atoms with van der Waals surface area (Å²) in [5.41, 5.74) is 4.24. The molecular weight excluding hydrogens is 495 g/mol. The van der Waals surface area contributed by atoms with Crippen LogP contribution in [0.1, 0.15) is 36.0 Å². The molecule has 3 aromatic carbocycles. The van der Waals surface area contributed by atoms with Crippen LogP contribution in [-0.2, 0) is 4.79 Å². The van der Waals surface area contributed by atoms with Crippen molar-refractivity contribution in [1.82, 2.24) is 9.97 Å². The first-order valence-electron chi connectivity index (χ1n) is 12.1. The van der Waals surface area contributed by atoms with Gasteiger partial charge in [0.1, 0.15) is 5.82 Å². The van der Waals surface area contributed by atoms with Gasteiger partial charge in [0.25, 0.3) is 5.91 Å². The largest absolute Gasteiger partial charge is 0.338 e. The summed E-state index contributed by atoms with van der Waals surface area (Å²) in [6.07, 6.45) is 4.71. The van der Waals surface area contributed by atoms with E-state index >= 15 is 0 Å². The van der Waals surface area contributed by atoms with Gasteiger partial charge in [-0.2, -0.15) is 0 Å². The molecule has 3 unspecified atom stereocenters. The molecule has 0 radical (unpaired) electrons. The van der Waals surface area contributed by atoms with Gasteiger partial charge in [-0.05, 0) is 91.8 Å². The predicted molar refractivity (Wildman–Crippen MR) is 144 cm³/mol. The Hall–Kier alpha value is -3.35. The standard InChI is InChI=1S/C28H24Cl2N4O2/c29-18-5-9-21(23(30)13-18)27(35)32-20-8-10-24-25(14-20)34-26(33-24)16-3-6-19(7-4-16)31-28(36)22-12-15-1-2-17(22)11-15/h3-10,13-15,17,22H,1-2,11-12H2,(H,31,36)(H,32,35)(H,33,34). The van der Waals surface area contributed by atoms with Crippen molar-refractivity contribution in [1.29, 1.82) is 0 Å². The monoisotopic (exact) mass is 518 g/mol. The summed E-state index contributed by atoms with van der Waals surface area (Å²) in [5, 5.41) is 6.72. The third kappa shape index (κ3) is 4.47. The second kappa shape index (κ2) is 9.26. The van der Waals surface area contributed by atoms with E-state index in [4.69, 9.17) is 23.2 Å². The number of fused-ring (bicyclic) bond motifs is 3. The number of anilines is 2. The summed E-state index contributed by atoms with van der Waals surface area (Å²) in [7, 11) is 0. The SMILES string of the molecule is O=C(Nc1ccc2nc(-c3ccc(NC(=O)C4CC5CCC4C5)cc3)[nH]c2c1)c1ccc(Cl)cc1Cl. The van der Waals surface area contributed by atoms with Gasteiger partial charge in [-0.3, -0.25) is 9.59 Å². The molecule has 2 aliphatic carbocycles. The number of carbonyl (C=O) groups is 2. The van der Waals surface area contributed by atoms with Gasteiger partial charge in [0.15, 0.2) is 0 Å². The van der Waals surface area contributed by atoms with E-state index in [-0.39, 0.29) is 17.7 Å². The van der Waals surface area contributed by atoms with Crippen LogP contribution >= 0.6 is 23.2 Å². The maximum atomic E-state index is 12.7. The fourth-order valence-corrected chi connectivity index (χ4v) is 6.10. The third-order valence-corrected chi connectivity index (χ3v) is 7.96. The highest BCUT2D eigenvalue weighted by Crippen LogP contribution is 2.48. The van der Waals surface area contributed by atoms with E-state index < -0.39 is 0 Å².